The summed E-state index contributed by atoms with van der Waals surface area (Å²) < 4.78 is 40.5. The molecule has 24 heavy (non-hydrogen) atoms. The van der Waals surface area contributed by atoms with Gasteiger partial charge in [0.1, 0.15) is 12.4 Å². The van der Waals surface area contributed by atoms with E-state index >= 15 is 0 Å². The summed E-state index contributed by atoms with van der Waals surface area (Å²) in [4.78, 5) is 1.44. The normalized spacial score (nSPS) is 17.1. The molecule has 128 valence electrons. The first-order valence-corrected chi connectivity index (χ1v) is 9.61. The van der Waals surface area contributed by atoms with Gasteiger partial charge in [-0.2, -0.15) is 4.31 Å². The van der Waals surface area contributed by atoms with Crippen LogP contribution in [0.5, 0.6) is 0 Å². The predicted molar refractivity (Wildman–Crippen MR) is 91.0 cm³/mol. The number of quaternary nitrogens is 1. The molecule has 0 aliphatic carbocycles. The predicted octanol–water partition coefficient (Wildman–Crippen LogP) is 1.57. The second kappa shape index (κ2) is 7.19. The van der Waals surface area contributed by atoms with Gasteiger partial charge in [0.05, 0.1) is 31.1 Å². The number of nitrogens with zero attached hydrogens (tertiary/aromatic N) is 1. The highest BCUT2D eigenvalue weighted by Gasteiger charge is 2.30. The number of nitrogens with one attached hydrogen (secondary N) is 1. The minimum Gasteiger partial charge on any atom is -0.329 e. The molecule has 0 unspecified atom stereocenters. The Morgan fingerprint density at radius 3 is 2.29 bits per heavy atom. The van der Waals surface area contributed by atoms with Gasteiger partial charge in [-0.25, -0.2) is 12.8 Å². The van der Waals surface area contributed by atoms with E-state index in [9.17, 15) is 12.8 Å². The van der Waals surface area contributed by atoms with E-state index in [4.69, 9.17) is 11.6 Å². The van der Waals surface area contributed by atoms with Crippen molar-refractivity contribution in [2.45, 2.75) is 11.4 Å². The molecular formula is C17H19ClFN2O2S+. The van der Waals surface area contributed by atoms with E-state index in [2.05, 4.69) is 0 Å². The van der Waals surface area contributed by atoms with Crippen molar-refractivity contribution in [1.29, 1.82) is 0 Å². The van der Waals surface area contributed by atoms with Gasteiger partial charge < -0.3 is 4.90 Å². The molecule has 0 bridgehead atoms. The van der Waals surface area contributed by atoms with E-state index < -0.39 is 10.0 Å². The summed E-state index contributed by atoms with van der Waals surface area (Å²) in [6.45, 7) is 2.73. The van der Waals surface area contributed by atoms with Gasteiger partial charge in [-0.1, -0.05) is 29.8 Å². The van der Waals surface area contributed by atoms with E-state index in [0.717, 1.165) is 0 Å². The number of sulfonamides is 1. The van der Waals surface area contributed by atoms with Gasteiger partial charge in [0.2, 0.25) is 10.0 Å². The van der Waals surface area contributed by atoms with Crippen LogP contribution in [0, 0.1) is 5.82 Å². The minimum atomic E-state index is -3.50. The molecule has 0 amide bonds. The summed E-state index contributed by atoms with van der Waals surface area (Å²) in [5.74, 6) is -0.207. The van der Waals surface area contributed by atoms with Crippen LogP contribution in [0.3, 0.4) is 0 Å². The minimum absolute atomic E-state index is 0.207. The second-order valence-electron chi connectivity index (χ2n) is 5.88. The van der Waals surface area contributed by atoms with Gasteiger partial charge in [-0.05, 0) is 30.3 Å². The fourth-order valence-electron chi connectivity index (χ4n) is 2.89. The van der Waals surface area contributed by atoms with Crippen molar-refractivity contribution in [2.24, 2.45) is 0 Å². The van der Waals surface area contributed by atoms with Crippen LogP contribution in [0.4, 0.5) is 4.39 Å². The lowest BCUT2D eigenvalue weighted by Gasteiger charge is -2.31. The Morgan fingerprint density at radius 1 is 1.04 bits per heavy atom. The highest BCUT2D eigenvalue weighted by molar-refractivity contribution is 7.89. The van der Waals surface area contributed by atoms with Crippen LogP contribution in [0.15, 0.2) is 53.4 Å². The zero-order chi connectivity index (χ0) is 17.2. The zero-order valence-corrected chi connectivity index (χ0v) is 14.7. The molecule has 0 saturated carbocycles. The molecule has 1 heterocycles. The Labute approximate surface area is 146 Å². The molecule has 4 nitrogen and oxygen atoms in total. The maximum absolute atomic E-state index is 13.7. The number of hydrogen-bond acceptors (Lipinski definition) is 2. The van der Waals surface area contributed by atoms with Crippen LogP contribution in [-0.2, 0) is 16.6 Å². The molecule has 2 aromatic rings. The molecule has 0 aromatic heterocycles. The van der Waals surface area contributed by atoms with Crippen LogP contribution in [0.25, 0.3) is 0 Å². The van der Waals surface area contributed by atoms with Gasteiger partial charge in [-0.15, -0.1) is 0 Å². The Balaban J connectivity index is 1.64. The largest absolute Gasteiger partial charge is 0.329 e. The van der Waals surface area contributed by atoms with E-state index in [-0.39, 0.29) is 10.7 Å². The van der Waals surface area contributed by atoms with Gasteiger partial charge in [0, 0.05) is 10.6 Å². The van der Waals surface area contributed by atoms with Gasteiger partial charge in [0.25, 0.3) is 0 Å². The summed E-state index contributed by atoms with van der Waals surface area (Å²) in [7, 11) is -3.50. The third-order valence-electron chi connectivity index (χ3n) is 4.28. The van der Waals surface area contributed by atoms with E-state index in [0.29, 0.717) is 43.3 Å². The number of benzene rings is 2. The average molecular weight is 370 g/mol. The topological polar surface area (TPSA) is 41.8 Å². The van der Waals surface area contributed by atoms with Gasteiger partial charge >= 0.3 is 0 Å². The Kier molecular flexibility index (Phi) is 5.20. The first kappa shape index (κ1) is 17.4. The SMILES string of the molecule is O=S(=O)(c1ccc(Cl)cc1)N1CC[NH+](Cc2ccccc2F)CC1. The average Bonchev–Trinajstić information content (AvgIpc) is 2.58. The lowest BCUT2D eigenvalue weighted by molar-refractivity contribution is -0.917. The standard InChI is InChI=1S/C17H18ClFN2O2S/c18-15-5-7-16(8-6-15)24(22,23)21-11-9-20(10-12-21)13-14-3-1-2-4-17(14)19/h1-8H,9-13H2/p+1. The van der Waals surface area contributed by atoms with E-state index in [1.54, 1.807) is 24.3 Å². The van der Waals surface area contributed by atoms with Crippen molar-refractivity contribution < 1.29 is 17.7 Å². The molecule has 2 aromatic carbocycles. The van der Waals surface area contributed by atoms with Crippen LogP contribution in [0.1, 0.15) is 5.56 Å². The molecule has 1 N–H and O–H groups in total. The van der Waals surface area contributed by atoms with Crippen molar-refractivity contribution in [3.05, 3.63) is 64.9 Å². The molecule has 1 aliphatic heterocycles. The molecule has 1 fully saturated rings. The lowest BCUT2D eigenvalue weighted by atomic mass is 10.2. The van der Waals surface area contributed by atoms with Crippen molar-refractivity contribution in [3.63, 3.8) is 0 Å². The molecule has 1 saturated heterocycles. The summed E-state index contributed by atoms with van der Waals surface area (Å²) in [5.41, 5.74) is 0.668. The first-order chi connectivity index (χ1) is 11.5. The zero-order valence-electron chi connectivity index (χ0n) is 13.1. The highest BCUT2D eigenvalue weighted by atomic mass is 35.5. The van der Waals surface area contributed by atoms with Crippen LogP contribution in [-0.4, -0.2) is 38.9 Å². The molecule has 0 atom stereocenters. The van der Waals surface area contributed by atoms with Crippen LogP contribution >= 0.6 is 11.6 Å². The van der Waals surface area contributed by atoms with Crippen molar-refractivity contribution in [1.82, 2.24) is 4.31 Å². The summed E-state index contributed by atoms with van der Waals surface area (Å²) in [5, 5.41) is 0.508. The molecule has 7 heteroatoms. The number of piperazine rings is 1. The van der Waals surface area contributed by atoms with Crippen molar-refractivity contribution in [3.8, 4) is 0 Å². The van der Waals surface area contributed by atoms with Crippen LogP contribution < -0.4 is 4.90 Å². The van der Waals surface area contributed by atoms with Crippen LogP contribution in [0.2, 0.25) is 5.02 Å². The third kappa shape index (κ3) is 3.78. The second-order valence-corrected chi connectivity index (χ2v) is 8.25. The molecule has 3 rings (SSSR count). The maximum atomic E-state index is 13.7. The van der Waals surface area contributed by atoms with E-state index in [1.165, 1.54) is 27.4 Å². The van der Waals surface area contributed by atoms with Gasteiger partial charge in [0.15, 0.2) is 0 Å². The Bertz CT molecular complexity index is 804. The Hall–Kier alpha value is -1.47. The fraction of sp³-hybridized carbons (Fsp3) is 0.294. The molecule has 0 radical (unpaired) electrons. The summed E-state index contributed by atoms with van der Waals surface area (Å²) in [6.07, 6.45) is 0. The smallest absolute Gasteiger partial charge is 0.243 e. The fourth-order valence-corrected chi connectivity index (χ4v) is 4.45. The molecular weight excluding hydrogens is 351 g/mol. The van der Waals surface area contributed by atoms with E-state index in [1.807, 2.05) is 6.07 Å². The highest BCUT2D eigenvalue weighted by Crippen LogP contribution is 2.18. The molecule has 0 spiro atoms. The lowest BCUT2D eigenvalue weighted by Crippen LogP contribution is -3.13. The maximum Gasteiger partial charge on any atom is 0.243 e. The third-order valence-corrected chi connectivity index (χ3v) is 6.44. The summed E-state index contributed by atoms with van der Waals surface area (Å²) >= 11 is 5.81. The van der Waals surface area contributed by atoms with Crippen molar-refractivity contribution in [2.75, 3.05) is 26.2 Å². The van der Waals surface area contributed by atoms with Crippen molar-refractivity contribution >= 4 is 21.6 Å². The Morgan fingerprint density at radius 2 is 1.67 bits per heavy atom. The number of hydrogen-bond donors (Lipinski definition) is 1. The number of halogens is 2. The monoisotopic (exact) mass is 369 g/mol. The molecule has 1 aliphatic rings. The number of rotatable bonds is 4. The quantitative estimate of drug-likeness (QED) is 0.888. The summed E-state index contributed by atoms with van der Waals surface area (Å²) in [6, 6.07) is 12.9. The first-order valence-electron chi connectivity index (χ1n) is 7.79. The van der Waals surface area contributed by atoms with Gasteiger partial charge in [-0.3, -0.25) is 0 Å².